The van der Waals surface area contributed by atoms with Crippen molar-refractivity contribution in [1.82, 2.24) is 10.6 Å². The highest BCUT2D eigenvalue weighted by atomic mass is 35.5. The Hall–Kier alpha value is -1.66. The molecule has 1 aromatic carbocycles. The van der Waals surface area contributed by atoms with E-state index in [-0.39, 0.29) is 36.6 Å². The van der Waals surface area contributed by atoms with Crippen LogP contribution in [0.1, 0.15) is 18.4 Å². The van der Waals surface area contributed by atoms with E-state index in [1.165, 1.54) is 6.07 Å². The van der Waals surface area contributed by atoms with Crippen LogP contribution in [0.25, 0.3) is 0 Å². The summed E-state index contributed by atoms with van der Waals surface area (Å²) in [5.41, 5.74) is 0.561. The number of nitrogens with one attached hydrogen (secondary N) is 2. The number of carbonyl (C=O) groups excluding carboxylic acids is 1. The number of hydrogen-bond acceptors (Lipinski definition) is 4. The second-order valence-corrected chi connectivity index (χ2v) is 4.25. The number of nitro benzene ring substituents is 1. The van der Waals surface area contributed by atoms with E-state index < -0.39 is 4.92 Å². The molecule has 1 fully saturated rings. The molecule has 19 heavy (non-hydrogen) atoms. The Labute approximate surface area is 117 Å². The van der Waals surface area contributed by atoms with Crippen LogP contribution in [0.15, 0.2) is 24.3 Å². The van der Waals surface area contributed by atoms with Gasteiger partial charge < -0.3 is 10.6 Å². The Morgan fingerprint density at radius 3 is 2.84 bits per heavy atom. The van der Waals surface area contributed by atoms with Gasteiger partial charge >= 0.3 is 0 Å². The minimum absolute atomic E-state index is 0. The lowest BCUT2D eigenvalue weighted by atomic mass is 10.1. The highest BCUT2D eigenvalue weighted by molar-refractivity contribution is 5.85. The summed E-state index contributed by atoms with van der Waals surface area (Å²) in [7, 11) is 0. The topological polar surface area (TPSA) is 84.3 Å². The lowest BCUT2D eigenvalue weighted by Gasteiger charge is -2.11. The third-order valence-electron chi connectivity index (χ3n) is 3.02. The predicted octanol–water partition coefficient (Wildman–Crippen LogP) is 1.38. The van der Waals surface area contributed by atoms with Gasteiger partial charge in [-0.25, -0.2) is 0 Å². The summed E-state index contributed by atoms with van der Waals surface area (Å²) in [6.07, 6.45) is 1.81. The normalized spacial score (nSPS) is 17.6. The summed E-state index contributed by atoms with van der Waals surface area (Å²) in [5, 5.41) is 16.6. The zero-order chi connectivity index (χ0) is 13.0. The fraction of sp³-hybridized carbons (Fsp3) is 0.417. The third-order valence-corrected chi connectivity index (χ3v) is 3.02. The SMILES string of the molecule is Cl.O=C(NCc1ccccc1[N+](=O)[O-])C1CCCN1. The lowest BCUT2D eigenvalue weighted by Crippen LogP contribution is -2.40. The molecule has 1 unspecified atom stereocenters. The zero-order valence-corrected chi connectivity index (χ0v) is 11.1. The summed E-state index contributed by atoms with van der Waals surface area (Å²) < 4.78 is 0. The van der Waals surface area contributed by atoms with E-state index in [1.54, 1.807) is 18.2 Å². The quantitative estimate of drug-likeness (QED) is 0.647. The highest BCUT2D eigenvalue weighted by Gasteiger charge is 2.22. The minimum atomic E-state index is -0.435. The molecule has 0 radical (unpaired) electrons. The van der Waals surface area contributed by atoms with Crippen LogP contribution in [-0.2, 0) is 11.3 Å². The molecule has 7 heteroatoms. The van der Waals surface area contributed by atoms with Crippen LogP contribution in [0.2, 0.25) is 0 Å². The van der Waals surface area contributed by atoms with E-state index in [0.29, 0.717) is 5.56 Å². The van der Waals surface area contributed by atoms with Crippen LogP contribution < -0.4 is 10.6 Å². The summed E-state index contributed by atoms with van der Waals surface area (Å²) >= 11 is 0. The number of para-hydroxylation sites is 1. The van der Waals surface area contributed by atoms with Crippen LogP contribution in [0.4, 0.5) is 5.69 Å². The first-order chi connectivity index (χ1) is 8.68. The minimum Gasteiger partial charge on any atom is -0.350 e. The summed E-state index contributed by atoms with van der Waals surface area (Å²) in [4.78, 5) is 22.1. The van der Waals surface area contributed by atoms with Crippen molar-refractivity contribution in [2.24, 2.45) is 0 Å². The van der Waals surface area contributed by atoms with Gasteiger partial charge in [-0.15, -0.1) is 12.4 Å². The van der Waals surface area contributed by atoms with Crippen LogP contribution >= 0.6 is 12.4 Å². The van der Waals surface area contributed by atoms with Gasteiger partial charge in [0, 0.05) is 18.2 Å². The molecule has 1 aliphatic heterocycles. The van der Waals surface area contributed by atoms with Gasteiger partial charge in [-0.3, -0.25) is 14.9 Å². The standard InChI is InChI=1S/C12H15N3O3.ClH/c16-12(10-5-3-7-13-10)14-8-9-4-1-2-6-11(9)15(17)18;/h1-2,4,6,10,13H,3,5,7-8H2,(H,14,16);1H. The van der Waals surface area contributed by atoms with E-state index in [2.05, 4.69) is 10.6 Å². The van der Waals surface area contributed by atoms with E-state index in [4.69, 9.17) is 0 Å². The molecule has 6 nitrogen and oxygen atoms in total. The Kier molecular flexibility index (Phi) is 5.72. The van der Waals surface area contributed by atoms with Crippen molar-refractivity contribution in [3.05, 3.63) is 39.9 Å². The van der Waals surface area contributed by atoms with Crippen molar-refractivity contribution >= 4 is 24.0 Å². The first kappa shape index (κ1) is 15.4. The maximum Gasteiger partial charge on any atom is 0.274 e. The van der Waals surface area contributed by atoms with Gasteiger partial charge in [-0.05, 0) is 19.4 Å². The molecule has 2 rings (SSSR count). The molecule has 2 N–H and O–H groups in total. The van der Waals surface area contributed by atoms with Crippen molar-refractivity contribution in [3.63, 3.8) is 0 Å². The monoisotopic (exact) mass is 285 g/mol. The van der Waals surface area contributed by atoms with Crippen LogP contribution in [0.3, 0.4) is 0 Å². The average molecular weight is 286 g/mol. The maximum atomic E-state index is 11.8. The van der Waals surface area contributed by atoms with Gasteiger partial charge in [0.1, 0.15) is 0 Å². The molecule has 0 aliphatic carbocycles. The Morgan fingerprint density at radius 2 is 2.21 bits per heavy atom. The number of nitro groups is 1. The van der Waals surface area contributed by atoms with Crippen LogP contribution in [0.5, 0.6) is 0 Å². The van der Waals surface area contributed by atoms with Crippen molar-refractivity contribution in [2.45, 2.75) is 25.4 Å². The summed E-state index contributed by atoms with van der Waals surface area (Å²) in [6.45, 7) is 1.04. The molecule has 0 bridgehead atoms. The Morgan fingerprint density at radius 1 is 1.47 bits per heavy atom. The Bertz CT molecular complexity index is 461. The molecule has 1 saturated heterocycles. The average Bonchev–Trinajstić information content (AvgIpc) is 2.90. The number of benzene rings is 1. The van der Waals surface area contributed by atoms with Crippen molar-refractivity contribution < 1.29 is 9.72 Å². The molecular formula is C12H16ClN3O3. The smallest absolute Gasteiger partial charge is 0.274 e. The van der Waals surface area contributed by atoms with Crippen LogP contribution in [-0.4, -0.2) is 23.4 Å². The summed E-state index contributed by atoms with van der Waals surface area (Å²) in [5.74, 6) is -0.0920. The molecule has 104 valence electrons. The second-order valence-electron chi connectivity index (χ2n) is 4.25. The molecule has 1 aromatic rings. The Balaban J connectivity index is 0.00000180. The number of carbonyl (C=O) groups is 1. The fourth-order valence-corrected chi connectivity index (χ4v) is 2.05. The van der Waals surface area contributed by atoms with Gasteiger partial charge in [0.25, 0.3) is 5.69 Å². The van der Waals surface area contributed by atoms with E-state index in [1.807, 2.05) is 0 Å². The maximum absolute atomic E-state index is 11.8. The molecule has 1 atom stereocenters. The third kappa shape index (κ3) is 3.90. The van der Waals surface area contributed by atoms with Gasteiger partial charge in [0.05, 0.1) is 11.0 Å². The molecule has 0 aromatic heterocycles. The second kappa shape index (κ2) is 7.06. The molecule has 1 aliphatic rings. The van der Waals surface area contributed by atoms with Gasteiger partial charge in [-0.1, -0.05) is 18.2 Å². The van der Waals surface area contributed by atoms with E-state index in [0.717, 1.165) is 19.4 Å². The summed E-state index contributed by atoms with van der Waals surface area (Å²) in [6, 6.07) is 6.27. The number of amides is 1. The van der Waals surface area contributed by atoms with Gasteiger partial charge in [0.15, 0.2) is 0 Å². The van der Waals surface area contributed by atoms with Crippen LogP contribution in [0, 0.1) is 10.1 Å². The van der Waals surface area contributed by atoms with E-state index >= 15 is 0 Å². The first-order valence-electron chi connectivity index (χ1n) is 5.92. The molecule has 1 heterocycles. The van der Waals surface area contributed by atoms with Crippen molar-refractivity contribution in [3.8, 4) is 0 Å². The van der Waals surface area contributed by atoms with Gasteiger partial charge in [-0.2, -0.15) is 0 Å². The molecule has 1 amide bonds. The number of nitrogens with zero attached hydrogens (tertiary/aromatic N) is 1. The lowest BCUT2D eigenvalue weighted by molar-refractivity contribution is -0.385. The predicted molar refractivity (Wildman–Crippen MR) is 73.2 cm³/mol. The number of halogens is 1. The largest absolute Gasteiger partial charge is 0.350 e. The van der Waals surface area contributed by atoms with E-state index in [9.17, 15) is 14.9 Å². The van der Waals surface area contributed by atoms with Crippen molar-refractivity contribution in [2.75, 3.05) is 6.54 Å². The molecular weight excluding hydrogens is 270 g/mol. The highest BCUT2D eigenvalue weighted by Crippen LogP contribution is 2.17. The van der Waals surface area contributed by atoms with Crippen molar-refractivity contribution in [1.29, 1.82) is 0 Å². The molecule has 0 spiro atoms. The number of rotatable bonds is 4. The van der Waals surface area contributed by atoms with Gasteiger partial charge in [0.2, 0.25) is 5.91 Å². The zero-order valence-electron chi connectivity index (χ0n) is 10.3. The number of hydrogen-bond donors (Lipinski definition) is 2. The fourth-order valence-electron chi connectivity index (χ4n) is 2.05. The molecule has 0 saturated carbocycles. The first-order valence-corrected chi connectivity index (χ1v) is 5.92.